The lowest BCUT2D eigenvalue weighted by molar-refractivity contribution is -0.870. The molecule has 2 N–H and O–H groups in total. The minimum atomic E-state index is -4.58. The fourth-order valence-corrected chi connectivity index (χ4v) is 8.58. The maximum absolute atomic E-state index is 12.8. The first-order chi connectivity index (χ1) is 29.0. The Morgan fingerprint density at radius 2 is 0.900 bits per heavy atom. The highest BCUT2D eigenvalue weighted by Gasteiger charge is 2.23. The first kappa shape index (κ1) is 59.2. The number of amides is 1. The third-order valence-corrected chi connectivity index (χ3v) is 13.0. The molecule has 3 atom stereocenters. The number of phosphoric ester groups is 1. The maximum atomic E-state index is 12.8. The third-order valence-electron chi connectivity index (χ3n) is 12.0. The highest BCUT2D eigenvalue weighted by atomic mass is 31.2. The Kier molecular flexibility index (Phi) is 42.9. The zero-order valence-electron chi connectivity index (χ0n) is 40.7. The van der Waals surface area contributed by atoms with Crippen molar-refractivity contribution in [3.63, 3.8) is 0 Å². The summed E-state index contributed by atoms with van der Waals surface area (Å²) in [5.41, 5.74) is 0. The van der Waals surface area contributed by atoms with Gasteiger partial charge in [-0.3, -0.25) is 9.36 Å². The van der Waals surface area contributed by atoms with Crippen LogP contribution in [0, 0.1) is 0 Å². The lowest BCUT2D eigenvalue weighted by atomic mass is 10.0. The topological polar surface area (TPSA) is 108 Å². The van der Waals surface area contributed by atoms with Crippen LogP contribution in [0.3, 0.4) is 0 Å². The molecule has 0 radical (unpaired) electrons. The van der Waals surface area contributed by atoms with Crippen molar-refractivity contribution in [3.05, 3.63) is 12.2 Å². The van der Waals surface area contributed by atoms with E-state index in [-0.39, 0.29) is 19.1 Å². The van der Waals surface area contributed by atoms with Crippen LogP contribution in [0.5, 0.6) is 0 Å². The van der Waals surface area contributed by atoms with Crippen molar-refractivity contribution in [3.8, 4) is 0 Å². The number of hydrogen-bond donors (Lipinski definition) is 2. The van der Waals surface area contributed by atoms with E-state index in [1.807, 2.05) is 27.2 Å². The Morgan fingerprint density at radius 3 is 1.25 bits per heavy atom. The van der Waals surface area contributed by atoms with Gasteiger partial charge in [0.1, 0.15) is 13.2 Å². The molecule has 358 valence electrons. The standard InChI is InChI=1S/C51H103N2O6P/c1-6-8-10-12-14-16-17-18-19-20-21-22-23-24-25-26-27-28-29-30-31-32-33-34-35-36-37-39-41-43-45-51(55)52-49(48-59-60(56,57)58-47-46-53(3,4)5)50(54)44-42-40-38-15-13-11-9-7-2/h42,44,49-50,54H,6-41,43,45-48H2,1-5H3,(H-,52,55,56,57)/b44-42+. The van der Waals surface area contributed by atoms with Crippen LogP contribution in [-0.4, -0.2) is 68.5 Å². The number of nitrogens with zero attached hydrogens (tertiary/aromatic N) is 1. The van der Waals surface area contributed by atoms with Gasteiger partial charge >= 0.3 is 0 Å². The lowest BCUT2D eigenvalue weighted by Gasteiger charge is -2.29. The van der Waals surface area contributed by atoms with Gasteiger partial charge in [-0.15, -0.1) is 0 Å². The number of allylic oxidation sites excluding steroid dienone is 1. The average molecular weight is 871 g/mol. The predicted octanol–water partition coefficient (Wildman–Crippen LogP) is 14.5. The molecule has 3 unspecified atom stereocenters. The molecule has 0 rings (SSSR count). The van der Waals surface area contributed by atoms with E-state index in [1.165, 1.54) is 199 Å². The summed E-state index contributed by atoms with van der Waals surface area (Å²) >= 11 is 0. The number of aliphatic hydroxyl groups excluding tert-OH is 1. The van der Waals surface area contributed by atoms with E-state index in [4.69, 9.17) is 9.05 Å². The average Bonchev–Trinajstić information content (AvgIpc) is 3.20. The molecule has 0 bridgehead atoms. The molecule has 0 aliphatic carbocycles. The van der Waals surface area contributed by atoms with Gasteiger partial charge in [-0.1, -0.05) is 244 Å². The second kappa shape index (κ2) is 43.5. The summed E-state index contributed by atoms with van der Waals surface area (Å²) in [6, 6.07) is -0.879. The van der Waals surface area contributed by atoms with Crippen LogP contribution in [0.15, 0.2) is 12.2 Å². The number of rotatable bonds is 48. The summed E-state index contributed by atoms with van der Waals surface area (Å²) in [6.07, 6.45) is 51.7. The van der Waals surface area contributed by atoms with E-state index < -0.39 is 20.0 Å². The number of aliphatic hydroxyl groups is 1. The first-order valence-corrected chi connectivity index (χ1v) is 27.5. The Labute approximate surface area is 373 Å². The largest absolute Gasteiger partial charge is 0.756 e. The fourth-order valence-electron chi connectivity index (χ4n) is 7.86. The van der Waals surface area contributed by atoms with Gasteiger partial charge in [0.2, 0.25) is 5.91 Å². The number of nitrogens with one attached hydrogen (secondary N) is 1. The normalized spacial score (nSPS) is 14.2. The fraction of sp³-hybridized carbons (Fsp3) is 0.941. The molecule has 0 aliphatic heterocycles. The number of carbonyl (C=O) groups excluding carboxylic acids is 1. The molecular weight excluding hydrogens is 768 g/mol. The number of likely N-dealkylation sites (N-methyl/N-ethyl adjacent to an activating group) is 1. The summed E-state index contributed by atoms with van der Waals surface area (Å²) in [7, 11) is 1.27. The molecule has 0 saturated heterocycles. The Hall–Kier alpha value is -0.760. The van der Waals surface area contributed by atoms with E-state index in [0.717, 1.165) is 38.5 Å². The minimum absolute atomic E-state index is 0.00169. The van der Waals surface area contributed by atoms with Crippen molar-refractivity contribution >= 4 is 13.7 Å². The predicted molar refractivity (Wildman–Crippen MR) is 256 cm³/mol. The van der Waals surface area contributed by atoms with Crippen LogP contribution in [0.2, 0.25) is 0 Å². The summed E-state index contributed by atoms with van der Waals surface area (Å²) in [5.74, 6) is -0.195. The summed E-state index contributed by atoms with van der Waals surface area (Å²) in [5, 5.41) is 13.7. The lowest BCUT2D eigenvalue weighted by Crippen LogP contribution is -2.45. The van der Waals surface area contributed by atoms with E-state index in [0.29, 0.717) is 17.4 Å². The Balaban J connectivity index is 3.91. The number of phosphoric acid groups is 1. The third kappa shape index (κ3) is 45.3. The van der Waals surface area contributed by atoms with Crippen molar-refractivity contribution in [2.45, 2.75) is 270 Å². The second-order valence-electron chi connectivity index (χ2n) is 19.2. The van der Waals surface area contributed by atoms with Crippen LogP contribution >= 0.6 is 7.82 Å². The van der Waals surface area contributed by atoms with Crippen LogP contribution in [0.4, 0.5) is 0 Å². The van der Waals surface area contributed by atoms with Gasteiger partial charge in [0.25, 0.3) is 7.82 Å². The molecule has 1 amide bonds. The van der Waals surface area contributed by atoms with Crippen LogP contribution in [-0.2, 0) is 18.4 Å². The molecule has 0 aromatic heterocycles. The van der Waals surface area contributed by atoms with E-state index in [9.17, 15) is 19.4 Å². The number of quaternary nitrogens is 1. The van der Waals surface area contributed by atoms with E-state index in [1.54, 1.807) is 6.08 Å². The monoisotopic (exact) mass is 871 g/mol. The summed E-state index contributed by atoms with van der Waals surface area (Å²) in [6.45, 7) is 4.63. The van der Waals surface area contributed by atoms with E-state index in [2.05, 4.69) is 19.2 Å². The molecule has 0 aromatic rings. The summed E-state index contributed by atoms with van der Waals surface area (Å²) < 4.78 is 23.1. The van der Waals surface area contributed by atoms with Crippen molar-refractivity contribution in [1.82, 2.24) is 5.32 Å². The zero-order valence-corrected chi connectivity index (χ0v) is 41.6. The van der Waals surface area contributed by atoms with Crippen molar-refractivity contribution in [1.29, 1.82) is 0 Å². The molecule has 8 nitrogen and oxygen atoms in total. The Bertz CT molecular complexity index is 989. The van der Waals surface area contributed by atoms with Gasteiger partial charge in [0, 0.05) is 6.42 Å². The van der Waals surface area contributed by atoms with Gasteiger partial charge in [-0.25, -0.2) is 0 Å². The molecule has 60 heavy (non-hydrogen) atoms. The van der Waals surface area contributed by atoms with Gasteiger partial charge in [-0.2, -0.15) is 0 Å². The number of hydrogen-bond acceptors (Lipinski definition) is 6. The molecule has 9 heteroatoms. The molecule has 0 aromatic carbocycles. The van der Waals surface area contributed by atoms with Gasteiger partial charge in [-0.05, 0) is 19.3 Å². The van der Waals surface area contributed by atoms with E-state index >= 15 is 0 Å². The number of carbonyl (C=O) groups is 1. The Morgan fingerprint density at radius 1 is 0.567 bits per heavy atom. The van der Waals surface area contributed by atoms with Crippen LogP contribution in [0.1, 0.15) is 258 Å². The highest BCUT2D eigenvalue weighted by Crippen LogP contribution is 2.38. The summed E-state index contributed by atoms with van der Waals surface area (Å²) in [4.78, 5) is 25.3. The van der Waals surface area contributed by atoms with Gasteiger partial charge in [0.05, 0.1) is 39.9 Å². The SMILES string of the molecule is CCCCCCCC/C=C/C(O)C(COP(=O)([O-])OCC[N+](C)(C)C)NC(=O)CCCCCCCCCCCCCCCCCCCCCCCCCCCCCCCC. The zero-order chi connectivity index (χ0) is 44.3. The van der Waals surface area contributed by atoms with Crippen LogP contribution < -0.4 is 10.2 Å². The molecule has 0 fully saturated rings. The van der Waals surface area contributed by atoms with Crippen molar-refractivity contribution in [2.24, 2.45) is 0 Å². The number of unbranched alkanes of at least 4 members (excludes halogenated alkanes) is 35. The molecule has 0 heterocycles. The van der Waals surface area contributed by atoms with Crippen molar-refractivity contribution < 1.29 is 32.9 Å². The van der Waals surface area contributed by atoms with Crippen molar-refractivity contribution in [2.75, 3.05) is 40.9 Å². The smallest absolute Gasteiger partial charge is 0.268 e. The molecule has 0 spiro atoms. The molecular formula is C51H103N2O6P. The minimum Gasteiger partial charge on any atom is -0.756 e. The maximum Gasteiger partial charge on any atom is 0.268 e. The van der Waals surface area contributed by atoms with Gasteiger partial charge in [0.15, 0.2) is 0 Å². The highest BCUT2D eigenvalue weighted by molar-refractivity contribution is 7.45. The molecule has 0 aliphatic rings. The second-order valence-corrected chi connectivity index (χ2v) is 20.7. The molecule has 0 saturated carbocycles. The quantitative estimate of drug-likeness (QED) is 0.0273. The van der Waals surface area contributed by atoms with Gasteiger partial charge < -0.3 is 28.8 Å². The van der Waals surface area contributed by atoms with Crippen LogP contribution in [0.25, 0.3) is 0 Å². The first-order valence-electron chi connectivity index (χ1n) is 26.1.